The molecule has 2 fully saturated rings. The van der Waals surface area contributed by atoms with Crippen LogP contribution in [0.15, 0.2) is 48.0 Å². The SMILES string of the molecule is CC.CC(C)(C)OC(=O)N1CCC/C(=C\c2ccc(OCc3ccccc3)c(N3CC(=O)NS3=O)c2F)C1. The van der Waals surface area contributed by atoms with Crippen LogP contribution in [-0.4, -0.2) is 46.3 Å². The Morgan fingerprint density at radius 3 is 2.47 bits per heavy atom. The zero-order valence-corrected chi connectivity index (χ0v) is 23.4. The molecular formula is C28H36FN3O5S. The van der Waals surface area contributed by atoms with Gasteiger partial charge >= 0.3 is 6.09 Å². The van der Waals surface area contributed by atoms with Crippen molar-refractivity contribution in [2.45, 2.75) is 59.7 Å². The standard InChI is InChI=1S/C26H30FN3O5S.C2H6/c1-26(2,3)35-25(32)29-13-7-10-19(15-29)14-20-11-12-21(34-17-18-8-5-4-6-9-18)24(23(20)27)30-16-22(31)28-36(30)33;1-2/h4-6,8-9,11-12,14H,7,10,13,15-17H2,1-3H3,(H,28,31);1-2H3/b19-14+;. The van der Waals surface area contributed by atoms with E-state index in [9.17, 15) is 13.8 Å². The van der Waals surface area contributed by atoms with Crippen molar-refractivity contribution >= 4 is 34.9 Å². The van der Waals surface area contributed by atoms with Crippen LogP contribution >= 0.6 is 0 Å². The molecule has 10 heteroatoms. The molecule has 2 aromatic carbocycles. The third kappa shape index (κ3) is 7.56. The summed E-state index contributed by atoms with van der Waals surface area (Å²) < 4.78 is 43.2. The van der Waals surface area contributed by atoms with E-state index < -0.39 is 34.6 Å². The summed E-state index contributed by atoms with van der Waals surface area (Å²) in [5, 5.41) is 0. The zero-order chi connectivity index (χ0) is 27.9. The van der Waals surface area contributed by atoms with Gasteiger partial charge in [0.2, 0.25) is 11.2 Å². The topological polar surface area (TPSA) is 88.2 Å². The second-order valence-electron chi connectivity index (χ2n) is 9.71. The number of hydrogen-bond donors (Lipinski definition) is 1. The van der Waals surface area contributed by atoms with E-state index in [1.165, 1.54) is 0 Å². The molecule has 2 aliphatic rings. The van der Waals surface area contributed by atoms with Crippen LogP contribution in [0, 0.1) is 5.82 Å². The third-order valence-electron chi connectivity index (χ3n) is 5.62. The average Bonchev–Trinajstić information content (AvgIpc) is 3.22. The molecular weight excluding hydrogens is 509 g/mol. The maximum Gasteiger partial charge on any atom is 0.410 e. The molecule has 2 aromatic rings. The van der Waals surface area contributed by atoms with Crippen molar-refractivity contribution in [3.05, 3.63) is 65.0 Å². The minimum absolute atomic E-state index is 0.0447. The molecule has 206 valence electrons. The molecule has 0 aromatic heterocycles. The van der Waals surface area contributed by atoms with Gasteiger partial charge in [-0.1, -0.05) is 50.3 Å². The number of carbonyl (C=O) groups excluding carboxylic acids is 2. The Hall–Kier alpha value is -3.40. The van der Waals surface area contributed by atoms with Crippen molar-refractivity contribution in [2.75, 3.05) is 23.9 Å². The molecule has 2 amide bonds. The first-order chi connectivity index (χ1) is 18.1. The molecule has 1 unspecified atom stereocenters. The van der Waals surface area contributed by atoms with E-state index in [0.29, 0.717) is 19.5 Å². The van der Waals surface area contributed by atoms with Crippen molar-refractivity contribution in [1.82, 2.24) is 9.62 Å². The highest BCUT2D eigenvalue weighted by molar-refractivity contribution is 7.85. The first-order valence-corrected chi connectivity index (χ1v) is 13.9. The number of amides is 2. The fourth-order valence-electron chi connectivity index (χ4n) is 4.01. The number of ether oxygens (including phenoxy) is 2. The Bertz CT molecular complexity index is 1200. The number of hydrogen-bond acceptors (Lipinski definition) is 5. The molecule has 2 saturated heterocycles. The molecule has 0 spiro atoms. The van der Waals surface area contributed by atoms with Crippen LogP contribution in [0.2, 0.25) is 0 Å². The average molecular weight is 546 g/mol. The Kier molecular flexibility index (Phi) is 9.90. The molecule has 0 aliphatic carbocycles. The first kappa shape index (κ1) is 29.2. The molecule has 38 heavy (non-hydrogen) atoms. The number of nitrogens with one attached hydrogen (secondary N) is 1. The van der Waals surface area contributed by atoms with Crippen LogP contribution in [0.5, 0.6) is 5.75 Å². The molecule has 0 saturated carbocycles. The van der Waals surface area contributed by atoms with E-state index in [1.54, 1.807) is 23.1 Å². The fraction of sp³-hybridized carbons (Fsp3) is 0.429. The van der Waals surface area contributed by atoms with Gasteiger partial charge in [-0.2, -0.15) is 0 Å². The summed E-state index contributed by atoms with van der Waals surface area (Å²) in [5.74, 6) is -0.930. The summed E-state index contributed by atoms with van der Waals surface area (Å²) in [5.41, 5.74) is 1.36. The minimum atomic E-state index is -1.92. The number of carbonyl (C=O) groups is 2. The summed E-state index contributed by atoms with van der Waals surface area (Å²) in [4.78, 5) is 26.0. The molecule has 2 heterocycles. The highest BCUT2D eigenvalue weighted by Crippen LogP contribution is 2.37. The molecule has 2 aliphatic heterocycles. The number of halogens is 1. The summed E-state index contributed by atoms with van der Waals surface area (Å²) in [7, 11) is 0. The van der Waals surface area contributed by atoms with E-state index in [-0.39, 0.29) is 30.2 Å². The largest absolute Gasteiger partial charge is 0.487 e. The highest BCUT2D eigenvalue weighted by Gasteiger charge is 2.33. The number of anilines is 1. The molecule has 1 N–H and O–H groups in total. The van der Waals surface area contributed by atoms with Crippen LogP contribution in [0.25, 0.3) is 6.08 Å². The quantitative estimate of drug-likeness (QED) is 0.547. The van der Waals surface area contributed by atoms with Gasteiger partial charge in [0.25, 0.3) is 5.91 Å². The lowest BCUT2D eigenvalue weighted by molar-refractivity contribution is -0.117. The van der Waals surface area contributed by atoms with Gasteiger partial charge in [0, 0.05) is 18.7 Å². The van der Waals surface area contributed by atoms with Crippen LogP contribution in [0.3, 0.4) is 0 Å². The van der Waals surface area contributed by atoms with Gasteiger partial charge in [-0.05, 0) is 56.9 Å². The minimum Gasteiger partial charge on any atom is -0.487 e. The summed E-state index contributed by atoms with van der Waals surface area (Å²) in [6.45, 7) is 10.2. The van der Waals surface area contributed by atoms with E-state index in [0.717, 1.165) is 21.9 Å². The number of likely N-dealkylation sites (tertiary alicyclic amines) is 1. The molecule has 1 atom stereocenters. The molecule has 4 rings (SSSR count). The van der Waals surface area contributed by atoms with E-state index >= 15 is 4.39 Å². The lowest BCUT2D eigenvalue weighted by Gasteiger charge is -2.31. The predicted molar refractivity (Wildman–Crippen MR) is 147 cm³/mol. The normalized spacial score (nSPS) is 18.5. The maximum atomic E-state index is 15.9. The predicted octanol–water partition coefficient (Wildman–Crippen LogP) is 5.36. The lowest BCUT2D eigenvalue weighted by Crippen LogP contribution is -2.40. The van der Waals surface area contributed by atoms with Crippen molar-refractivity contribution in [3.8, 4) is 5.75 Å². The number of piperidine rings is 1. The zero-order valence-electron chi connectivity index (χ0n) is 22.6. The van der Waals surface area contributed by atoms with Gasteiger partial charge in [0.05, 0.1) is 0 Å². The van der Waals surface area contributed by atoms with Crippen LogP contribution < -0.4 is 13.8 Å². The van der Waals surface area contributed by atoms with E-state index in [4.69, 9.17) is 9.47 Å². The fourth-order valence-corrected chi connectivity index (χ4v) is 4.95. The summed E-state index contributed by atoms with van der Waals surface area (Å²) in [6, 6.07) is 12.6. The maximum absolute atomic E-state index is 15.9. The van der Waals surface area contributed by atoms with Crippen LogP contribution in [0.1, 0.15) is 58.6 Å². The number of rotatable bonds is 5. The summed E-state index contributed by atoms with van der Waals surface area (Å²) in [6.07, 6.45) is 2.73. The summed E-state index contributed by atoms with van der Waals surface area (Å²) >= 11 is -1.92. The van der Waals surface area contributed by atoms with Crippen molar-refractivity contribution in [1.29, 1.82) is 0 Å². The van der Waals surface area contributed by atoms with Gasteiger partial charge in [-0.15, -0.1) is 0 Å². The Morgan fingerprint density at radius 1 is 1.13 bits per heavy atom. The Morgan fingerprint density at radius 2 is 1.84 bits per heavy atom. The van der Waals surface area contributed by atoms with Crippen molar-refractivity contribution in [2.24, 2.45) is 0 Å². The molecule has 0 bridgehead atoms. The lowest BCUT2D eigenvalue weighted by atomic mass is 10.0. The molecule has 8 nitrogen and oxygen atoms in total. The van der Waals surface area contributed by atoms with E-state index in [1.807, 2.05) is 65.0 Å². The van der Waals surface area contributed by atoms with Gasteiger partial charge in [-0.3, -0.25) is 13.8 Å². The van der Waals surface area contributed by atoms with Crippen LogP contribution in [-0.2, 0) is 27.3 Å². The smallest absolute Gasteiger partial charge is 0.410 e. The van der Waals surface area contributed by atoms with Gasteiger partial charge in [-0.25, -0.2) is 13.4 Å². The van der Waals surface area contributed by atoms with Crippen molar-refractivity contribution in [3.63, 3.8) is 0 Å². The van der Waals surface area contributed by atoms with Crippen molar-refractivity contribution < 1.29 is 27.7 Å². The monoisotopic (exact) mass is 545 g/mol. The van der Waals surface area contributed by atoms with Gasteiger partial charge in [0.1, 0.15) is 30.2 Å². The third-order valence-corrected chi connectivity index (χ3v) is 6.73. The number of benzene rings is 2. The second-order valence-corrected chi connectivity index (χ2v) is 10.9. The molecule has 0 radical (unpaired) electrons. The number of nitrogens with zero attached hydrogens (tertiary/aromatic N) is 2. The Balaban J connectivity index is 0.00000195. The Labute approximate surface area is 226 Å². The van der Waals surface area contributed by atoms with E-state index in [2.05, 4.69) is 4.72 Å². The first-order valence-electron chi connectivity index (χ1n) is 12.8. The highest BCUT2D eigenvalue weighted by atomic mass is 32.2. The van der Waals surface area contributed by atoms with Gasteiger partial charge < -0.3 is 14.4 Å². The van der Waals surface area contributed by atoms with Gasteiger partial charge in [0.15, 0.2) is 5.82 Å². The van der Waals surface area contributed by atoms with Crippen LogP contribution in [0.4, 0.5) is 14.9 Å². The second kappa shape index (κ2) is 12.9.